The predicted molar refractivity (Wildman–Crippen MR) is 118 cm³/mol. The van der Waals surface area contributed by atoms with E-state index in [1.165, 1.54) is 0 Å². The van der Waals surface area contributed by atoms with Crippen molar-refractivity contribution >= 4 is 39.2 Å². The number of halogens is 2. The number of nitrogens with zero attached hydrogens (tertiary/aromatic N) is 2. The SMILES string of the molecule is CCCS(=O)(=O)N1CCC(NC(=NC)NCCCc2ccc(Cl)cc2Cl)CC1. The van der Waals surface area contributed by atoms with Gasteiger partial charge in [0, 0.05) is 42.8 Å². The third-order valence-electron chi connectivity index (χ3n) is 4.80. The van der Waals surface area contributed by atoms with Crippen LogP contribution in [-0.4, -0.2) is 57.2 Å². The average Bonchev–Trinajstić information content (AvgIpc) is 2.66. The van der Waals surface area contributed by atoms with Gasteiger partial charge in [-0.1, -0.05) is 36.2 Å². The first-order valence-corrected chi connectivity index (χ1v) is 12.1. The normalized spacial score (nSPS) is 16.9. The van der Waals surface area contributed by atoms with Crippen molar-refractivity contribution in [1.29, 1.82) is 0 Å². The molecule has 1 aliphatic heterocycles. The number of sulfonamides is 1. The third-order valence-corrected chi connectivity index (χ3v) is 7.47. The van der Waals surface area contributed by atoms with Crippen molar-refractivity contribution in [3.8, 4) is 0 Å². The second-order valence-electron chi connectivity index (χ2n) is 6.97. The highest BCUT2D eigenvalue weighted by Crippen LogP contribution is 2.22. The van der Waals surface area contributed by atoms with Crippen LogP contribution in [0.1, 0.15) is 38.2 Å². The molecule has 0 unspecified atom stereocenters. The third kappa shape index (κ3) is 7.10. The summed E-state index contributed by atoms with van der Waals surface area (Å²) in [7, 11) is -1.36. The number of aryl methyl sites for hydroxylation is 1. The van der Waals surface area contributed by atoms with Gasteiger partial charge >= 0.3 is 0 Å². The molecule has 1 heterocycles. The average molecular weight is 449 g/mol. The van der Waals surface area contributed by atoms with Crippen LogP contribution in [0, 0.1) is 0 Å². The fourth-order valence-corrected chi connectivity index (χ4v) is 5.31. The molecule has 2 rings (SSSR count). The van der Waals surface area contributed by atoms with Crippen molar-refractivity contribution in [2.24, 2.45) is 4.99 Å². The van der Waals surface area contributed by atoms with Crippen molar-refractivity contribution in [3.63, 3.8) is 0 Å². The molecular formula is C19H30Cl2N4O2S. The van der Waals surface area contributed by atoms with Gasteiger partial charge in [0.2, 0.25) is 10.0 Å². The Morgan fingerprint density at radius 2 is 2.00 bits per heavy atom. The van der Waals surface area contributed by atoms with E-state index in [1.807, 2.05) is 19.1 Å². The maximum Gasteiger partial charge on any atom is 0.214 e. The molecule has 0 aliphatic carbocycles. The highest BCUT2D eigenvalue weighted by molar-refractivity contribution is 7.89. The molecule has 1 aliphatic rings. The number of hydrogen-bond acceptors (Lipinski definition) is 3. The minimum absolute atomic E-state index is 0.227. The molecular weight excluding hydrogens is 419 g/mol. The van der Waals surface area contributed by atoms with Crippen molar-refractivity contribution < 1.29 is 8.42 Å². The van der Waals surface area contributed by atoms with Gasteiger partial charge < -0.3 is 10.6 Å². The minimum atomic E-state index is -3.10. The standard InChI is InChI=1S/C19H30Cl2N4O2S/c1-3-13-28(26,27)25-11-8-17(9-12-25)24-19(22-2)23-10-4-5-15-6-7-16(20)14-18(15)21/h6-7,14,17H,3-5,8-13H2,1-2H3,(H2,22,23,24). The Labute approximate surface area is 178 Å². The molecule has 2 N–H and O–H groups in total. The molecule has 1 aromatic rings. The highest BCUT2D eigenvalue weighted by Gasteiger charge is 2.27. The van der Waals surface area contributed by atoms with E-state index in [4.69, 9.17) is 23.2 Å². The van der Waals surface area contributed by atoms with Gasteiger partial charge in [0.25, 0.3) is 0 Å². The van der Waals surface area contributed by atoms with Crippen LogP contribution in [0.25, 0.3) is 0 Å². The number of guanidine groups is 1. The van der Waals surface area contributed by atoms with Gasteiger partial charge in [0.1, 0.15) is 0 Å². The van der Waals surface area contributed by atoms with Crippen LogP contribution in [-0.2, 0) is 16.4 Å². The zero-order valence-corrected chi connectivity index (χ0v) is 18.9. The van der Waals surface area contributed by atoms with Gasteiger partial charge in [-0.15, -0.1) is 0 Å². The van der Waals surface area contributed by atoms with Crippen molar-refractivity contribution in [3.05, 3.63) is 33.8 Å². The molecule has 0 spiro atoms. The van der Waals surface area contributed by atoms with E-state index in [2.05, 4.69) is 15.6 Å². The van der Waals surface area contributed by atoms with Gasteiger partial charge in [0.05, 0.1) is 5.75 Å². The summed E-state index contributed by atoms with van der Waals surface area (Å²) in [6, 6.07) is 5.80. The lowest BCUT2D eigenvalue weighted by molar-refractivity contribution is 0.306. The van der Waals surface area contributed by atoms with E-state index in [9.17, 15) is 8.42 Å². The summed E-state index contributed by atoms with van der Waals surface area (Å²) in [5.74, 6) is 0.975. The van der Waals surface area contributed by atoms with Crippen LogP contribution < -0.4 is 10.6 Å². The fraction of sp³-hybridized carbons (Fsp3) is 0.632. The van der Waals surface area contributed by atoms with Crippen molar-refractivity contribution in [2.45, 2.75) is 45.1 Å². The summed E-state index contributed by atoms with van der Waals surface area (Å²) < 4.78 is 25.9. The van der Waals surface area contributed by atoms with Gasteiger partial charge in [-0.2, -0.15) is 0 Å². The molecule has 0 aromatic heterocycles. The lowest BCUT2D eigenvalue weighted by Crippen LogP contribution is -2.50. The van der Waals surface area contributed by atoms with E-state index >= 15 is 0 Å². The highest BCUT2D eigenvalue weighted by atomic mass is 35.5. The molecule has 0 radical (unpaired) electrons. The van der Waals surface area contributed by atoms with Crippen molar-refractivity contribution in [2.75, 3.05) is 32.4 Å². The van der Waals surface area contributed by atoms with Crippen LogP contribution in [0.4, 0.5) is 0 Å². The molecule has 1 fully saturated rings. The lowest BCUT2D eigenvalue weighted by atomic mass is 10.1. The topological polar surface area (TPSA) is 73.8 Å². The number of nitrogens with one attached hydrogen (secondary N) is 2. The molecule has 0 atom stereocenters. The summed E-state index contributed by atoms with van der Waals surface area (Å²) in [5.41, 5.74) is 1.08. The zero-order valence-electron chi connectivity index (χ0n) is 16.5. The summed E-state index contributed by atoms with van der Waals surface area (Å²) in [4.78, 5) is 4.27. The molecule has 28 heavy (non-hydrogen) atoms. The van der Waals surface area contributed by atoms with Crippen LogP contribution in [0.3, 0.4) is 0 Å². The Morgan fingerprint density at radius 1 is 1.29 bits per heavy atom. The van der Waals surface area contributed by atoms with E-state index in [0.717, 1.165) is 43.8 Å². The molecule has 6 nitrogen and oxygen atoms in total. The first-order chi connectivity index (χ1) is 13.4. The lowest BCUT2D eigenvalue weighted by Gasteiger charge is -2.32. The van der Waals surface area contributed by atoms with Crippen LogP contribution in [0.2, 0.25) is 10.0 Å². The molecule has 0 bridgehead atoms. The van der Waals surface area contributed by atoms with Crippen LogP contribution >= 0.6 is 23.2 Å². The Hall–Kier alpha value is -1.02. The maximum absolute atomic E-state index is 12.2. The predicted octanol–water partition coefficient (Wildman–Crippen LogP) is 3.30. The molecule has 0 saturated carbocycles. The van der Waals surface area contributed by atoms with E-state index < -0.39 is 10.0 Å². The second-order valence-corrected chi connectivity index (χ2v) is 9.90. The van der Waals surface area contributed by atoms with Crippen LogP contribution in [0.5, 0.6) is 0 Å². The number of hydrogen-bond donors (Lipinski definition) is 2. The quantitative estimate of drug-likeness (QED) is 0.363. The maximum atomic E-state index is 12.2. The summed E-state index contributed by atoms with van der Waals surface area (Å²) in [5, 5.41) is 8.06. The number of aliphatic imine (C=N–C) groups is 1. The minimum Gasteiger partial charge on any atom is -0.356 e. The Morgan fingerprint density at radius 3 is 2.61 bits per heavy atom. The smallest absolute Gasteiger partial charge is 0.214 e. The number of piperidine rings is 1. The van der Waals surface area contributed by atoms with Gasteiger partial charge in [-0.3, -0.25) is 4.99 Å². The fourth-order valence-electron chi connectivity index (χ4n) is 3.26. The van der Waals surface area contributed by atoms with Gasteiger partial charge in [0.15, 0.2) is 5.96 Å². The molecule has 0 amide bonds. The second kappa shape index (κ2) is 11.2. The first-order valence-electron chi connectivity index (χ1n) is 9.74. The summed E-state index contributed by atoms with van der Waals surface area (Å²) in [6.07, 6.45) is 3.98. The van der Waals surface area contributed by atoms with E-state index in [-0.39, 0.29) is 11.8 Å². The van der Waals surface area contributed by atoms with Gasteiger partial charge in [-0.05, 0) is 49.8 Å². The molecule has 158 valence electrons. The largest absolute Gasteiger partial charge is 0.356 e. The monoisotopic (exact) mass is 448 g/mol. The summed E-state index contributed by atoms with van der Waals surface area (Å²) in [6.45, 7) is 3.78. The van der Waals surface area contributed by atoms with E-state index in [1.54, 1.807) is 17.4 Å². The van der Waals surface area contributed by atoms with Gasteiger partial charge in [-0.25, -0.2) is 12.7 Å². The van der Waals surface area contributed by atoms with Crippen molar-refractivity contribution in [1.82, 2.24) is 14.9 Å². The molecule has 9 heteroatoms. The van der Waals surface area contributed by atoms with E-state index in [0.29, 0.717) is 29.6 Å². The zero-order chi connectivity index (χ0) is 20.6. The summed E-state index contributed by atoms with van der Waals surface area (Å²) >= 11 is 12.1. The Bertz CT molecular complexity index is 763. The first kappa shape index (κ1) is 23.3. The Balaban J connectivity index is 1.72. The number of benzene rings is 1. The van der Waals surface area contributed by atoms with Crippen LogP contribution in [0.15, 0.2) is 23.2 Å². The number of rotatable bonds is 8. The molecule has 1 saturated heterocycles. The molecule has 1 aromatic carbocycles. The Kier molecular flexibility index (Phi) is 9.34.